The second kappa shape index (κ2) is 6.83. The molecule has 0 aliphatic rings. The Morgan fingerprint density at radius 2 is 1.94 bits per heavy atom. The lowest BCUT2D eigenvalue weighted by molar-refractivity contribution is -0.139. The summed E-state index contributed by atoms with van der Waals surface area (Å²) in [6.07, 6.45) is 3.43. The van der Waals surface area contributed by atoms with Crippen molar-refractivity contribution in [2.75, 3.05) is 6.61 Å². The van der Waals surface area contributed by atoms with E-state index in [4.69, 9.17) is 4.74 Å². The largest absolute Gasteiger partial charge is 0.462 e. The van der Waals surface area contributed by atoms with Crippen LogP contribution < -0.4 is 0 Å². The molecule has 0 atom stereocenters. The van der Waals surface area contributed by atoms with Crippen LogP contribution >= 0.6 is 0 Å². The van der Waals surface area contributed by atoms with E-state index in [0.717, 1.165) is 17.6 Å². The highest BCUT2D eigenvalue weighted by Gasteiger charge is 2.07. The Morgan fingerprint density at radius 3 is 2.50 bits per heavy atom. The molecule has 0 N–H and O–H groups in total. The van der Waals surface area contributed by atoms with Crippen molar-refractivity contribution in [1.82, 2.24) is 0 Å². The van der Waals surface area contributed by atoms with E-state index in [-0.39, 0.29) is 5.97 Å². The molecule has 1 aromatic carbocycles. The lowest BCUT2D eigenvalue weighted by Gasteiger charge is -2.05. The highest BCUT2D eigenvalue weighted by Crippen LogP contribution is 2.11. The van der Waals surface area contributed by atoms with Crippen LogP contribution in [0.15, 0.2) is 35.9 Å². The average Bonchev–Trinajstić information content (AvgIpc) is 2.34. The van der Waals surface area contributed by atoms with Gasteiger partial charge in [0.1, 0.15) is 0 Å². The average molecular weight is 218 g/mol. The highest BCUT2D eigenvalue weighted by molar-refractivity contribution is 5.93. The van der Waals surface area contributed by atoms with E-state index in [1.165, 1.54) is 0 Å². The molecule has 0 aromatic heterocycles. The van der Waals surface area contributed by atoms with Crippen LogP contribution in [0.4, 0.5) is 0 Å². The Balaban J connectivity index is 2.74. The van der Waals surface area contributed by atoms with Gasteiger partial charge in [0.05, 0.1) is 6.61 Å². The minimum atomic E-state index is -0.201. The SMILES string of the molecule is CCCOC(=O)C(=Cc1ccccc1)CC. The molecule has 0 spiro atoms. The van der Waals surface area contributed by atoms with Gasteiger partial charge in [-0.3, -0.25) is 0 Å². The van der Waals surface area contributed by atoms with Crippen molar-refractivity contribution in [2.45, 2.75) is 26.7 Å². The molecule has 86 valence electrons. The first-order valence-electron chi connectivity index (χ1n) is 5.70. The Kier molecular flexibility index (Phi) is 5.34. The van der Waals surface area contributed by atoms with Crippen molar-refractivity contribution in [3.05, 3.63) is 41.5 Å². The fourth-order valence-corrected chi connectivity index (χ4v) is 1.34. The van der Waals surface area contributed by atoms with Crippen molar-refractivity contribution in [2.24, 2.45) is 0 Å². The summed E-state index contributed by atoms with van der Waals surface area (Å²) in [5.41, 5.74) is 1.76. The number of carbonyl (C=O) groups excluding carboxylic acids is 1. The van der Waals surface area contributed by atoms with Crippen LogP contribution in [0.3, 0.4) is 0 Å². The zero-order valence-electron chi connectivity index (χ0n) is 9.90. The molecule has 0 fully saturated rings. The lowest BCUT2D eigenvalue weighted by atomic mass is 10.1. The molecular formula is C14H18O2. The number of benzene rings is 1. The molecule has 0 unspecified atom stereocenters. The molecular weight excluding hydrogens is 200 g/mol. The quantitative estimate of drug-likeness (QED) is 0.559. The molecule has 16 heavy (non-hydrogen) atoms. The van der Waals surface area contributed by atoms with Gasteiger partial charge in [-0.15, -0.1) is 0 Å². The minimum absolute atomic E-state index is 0.201. The van der Waals surface area contributed by atoms with Crippen molar-refractivity contribution in [3.63, 3.8) is 0 Å². The summed E-state index contributed by atoms with van der Waals surface area (Å²) >= 11 is 0. The summed E-state index contributed by atoms with van der Waals surface area (Å²) in [5, 5.41) is 0. The van der Waals surface area contributed by atoms with Crippen LogP contribution in [0.25, 0.3) is 6.08 Å². The summed E-state index contributed by atoms with van der Waals surface area (Å²) < 4.78 is 5.11. The maximum absolute atomic E-state index is 11.6. The third kappa shape index (κ3) is 3.89. The van der Waals surface area contributed by atoms with Crippen LogP contribution in [-0.2, 0) is 9.53 Å². The van der Waals surface area contributed by atoms with E-state index in [0.29, 0.717) is 13.0 Å². The predicted octanol–water partition coefficient (Wildman–Crippen LogP) is 3.43. The zero-order valence-corrected chi connectivity index (χ0v) is 9.90. The molecule has 0 aliphatic carbocycles. The van der Waals surface area contributed by atoms with Gasteiger partial charge in [-0.1, -0.05) is 44.2 Å². The van der Waals surface area contributed by atoms with Gasteiger partial charge < -0.3 is 4.74 Å². The molecule has 2 nitrogen and oxygen atoms in total. The molecule has 0 radical (unpaired) electrons. The first-order chi connectivity index (χ1) is 7.77. The van der Waals surface area contributed by atoms with Gasteiger partial charge >= 0.3 is 5.97 Å². The van der Waals surface area contributed by atoms with Gasteiger partial charge in [0.15, 0.2) is 0 Å². The number of esters is 1. The van der Waals surface area contributed by atoms with Crippen LogP contribution in [0, 0.1) is 0 Å². The molecule has 2 heteroatoms. The Labute approximate surface area is 96.9 Å². The standard InChI is InChI=1S/C14H18O2/c1-3-10-16-14(15)13(4-2)11-12-8-6-5-7-9-12/h5-9,11H,3-4,10H2,1-2H3. The molecule has 0 saturated carbocycles. The van der Waals surface area contributed by atoms with E-state index < -0.39 is 0 Å². The fourth-order valence-electron chi connectivity index (χ4n) is 1.34. The molecule has 1 rings (SSSR count). The number of ether oxygens (including phenoxy) is 1. The third-order valence-corrected chi connectivity index (χ3v) is 2.22. The van der Waals surface area contributed by atoms with Crippen LogP contribution in [0.5, 0.6) is 0 Å². The second-order valence-electron chi connectivity index (χ2n) is 3.57. The molecule has 0 amide bonds. The van der Waals surface area contributed by atoms with E-state index in [1.54, 1.807) is 0 Å². The summed E-state index contributed by atoms with van der Waals surface area (Å²) in [4.78, 5) is 11.6. The van der Waals surface area contributed by atoms with Crippen LogP contribution in [0.2, 0.25) is 0 Å². The normalized spacial score (nSPS) is 11.2. The molecule has 1 aromatic rings. The van der Waals surface area contributed by atoms with E-state index >= 15 is 0 Å². The van der Waals surface area contributed by atoms with Crippen molar-refractivity contribution in [3.8, 4) is 0 Å². The summed E-state index contributed by atoms with van der Waals surface area (Å²) in [6, 6.07) is 9.82. The number of rotatable bonds is 5. The number of hydrogen-bond donors (Lipinski definition) is 0. The fraction of sp³-hybridized carbons (Fsp3) is 0.357. The third-order valence-electron chi connectivity index (χ3n) is 2.22. The van der Waals surface area contributed by atoms with Gasteiger partial charge in [0.25, 0.3) is 0 Å². The minimum Gasteiger partial charge on any atom is -0.462 e. The predicted molar refractivity (Wildman–Crippen MR) is 66.0 cm³/mol. The molecule has 0 saturated heterocycles. The maximum atomic E-state index is 11.6. The van der Waals surface area contributed by atoms with Crippen molar-refractivity contribution < 1.29 is 9.53 Å². The summed E-state index contributed by atoms with van der Waals surface area (Å²) in [5.74, 6) is -0.201. The van der Waals surface area contributed by atoms with Crippen molar-refractivity contribution >= 4 is 12.0 Å². The van der Waals surface area contributed by atoms with Gasteiger partial charge in [0.2, 0.25) is 0 Å². The Hall–Kier alpha value is -1.57. The Bertz CT molecular complexity index is 352. The van der Waals surface area contributed by atoms with Crippen molar-refractivity contribution in [1.29, 1.82) is 0 Å². The zero-order chi connectivity index (χ0) is 11.8. The van der Waals surface area contributed by atoms with Crippen LogP contribution in [-0.4, -0.2) is 12.6 Å². The van der Waals surface area contributed by atoms with E-state index in [1.807, 2.05) is 50.3 Å². The second-order valence-corrected chi connectivity index (χ2v) is 3.57. The van der Waals surface area contributed by atoms with Gasteiger partial charge in [-0.25, -0.2) is 4.79 Å². The van der Waals surface area contributed by atoms with E-state index in [9.17, 15) is 4.79 Å². The van der Waals surface area contributed by atoms with Gasteiger partial charge in [-0.05, 0) is 24.5 Å². The smallest absolute Gasteiger partial charge is 0.334 e. The Morgan fingerprint density at radius 1 is 1.25 bits per heavy atom. The van der Waals surface area contributed by atoms with Gasteiger partial charge in [0, 0.05) is 5.57 Å². The highest BCUT2D eigenvalue weighted by atomic mass is 16.5. The first-order valence-corrected chi connectivity index (χ1v) is 5.70. The number of carbonyl (C=O) groups is 1. The lowest BCUT2D eigenvalue weighted by Crippen LogP contribution is -2.07. The molecule has 0 bridgehead atoms. The van der Waals surface area contributed by atoms with E-state index in [2.05, 4.69) is 0 Å². The molecule has 0 aliphatic heterocycles. The van der Waals surface area contributed by atoms with Crippen LogP contribution in [0.1, 0.15) is 32.3 Å². The maximum Gasteiger partial charge on any atom is 0.334 e. The van der Waals surface area contributed by atoms with Gasteiger partial charge in [-0.2, -0.15) is 0 Å². The summed E-state index contributed by atoms with van der Waals surface area (Å²) in [6.45, 7) is 4.44. The monoisotopic (exact) mass is 218 g/mol. The molecule has 0 heterocycles. The topological polar surface area (TPSA) is 26.3 Å². The summed E-state index contributed by atoms with van der Waals surface area (Å²) in [7, 11) is 0. The first kappa shape index (κ1) is 12.5. The number of hydrogen-bond acceptors (Lipinski definition) is 2.